The summed E-state index contributed by atoms with van der Waals surface area (Å²) in [6, 6.07) is 10.1. The van der Waals surface area contributed by atoms with E-state index >= 15 is 0 Å². The maximum absolute atomic E-state index is 11.9. The van der Waals surface area contributed by atoms with Gasteiger partial charge in [0.25, 0.3) is 0 Å². The van der Waals surface area contributed by atoms with Gasteiger partial charge in [-0.25, -0.2) is 4.79 Å². The number of rotatable bonds is 8. The molecule has 1 unspecified atom stereocenters. The Labute approximate surface area is 197 Å². The van der Waals surface area contributed by atoms with Gasteiger partial charge in [-0.1, -0.05) is 52.0 Å². The summed E-state index contributed by atoms with van der Waals surface area (Å²) in [5.74, 6) is 0.317. The average Bonchev–Trinajstić information content (AvgIpc) is 3.06. The van der Waals surface area contributed by atoms with Crippen molar-refractivity contribution >= 4 is 17.5 Å². The van der Waals surface area contributed by atoms with Crippen molar-refractivity contribution in [3.05, 3.63) is 52.3 Å². The summed E-state index contributed by atoms with van der Waals surface area (Å²) in [5.41, 5.74) is 4.62. The van der Waals surface area contributed by atoms with E-state index in [1.807, 2.05) is 52.0 Å². The van der Waals surface area contributed by atoms with Gasteiger partial charge >= 0.3 is 6.16 Å². The Morgan fingerprint density at radius 1 is 1.15 bits per heavy atom. The minimum absolute atomic E-state index is 0.00720. The van der Waals surface area contributed by atoms with Crippen molar-refractivity contribution in [3.8, 4) is 6.07 Å². The van der Waals surface area contributed by atoms with Crippen molar-refractivity contribution in [2.24, 2.45) is 0 Å². The molecular weight excluding hydrogens is 418 g/mol. The molecule has 7 heteroatoms. The normalized spacial score (nSPS) is 13.1. The zero-order valence-corrected chi connectivity index (χ0v) is 21.0. The highest BCUT2D eigenvalue weighted by Gasteiger charge is 2.23. The predicted molar refractivity (Wildman–Crippen MR) is 128 cm³/mol. The van der Waals surface area contributed by atoms with Crippen LogP contribution >= 0.6 is 0 Å². The smallest absolute Gasteiger partial charge is 0.454 e. The number of ether oxygens (including phenoxy) is 3. The summed E-state index contributed by atoms with van der Waals surface area (Å²) >= 11 is 0. The lowest BCUT2D eigenvalue weighted by Crippen LogP contribution is -2.17. The first-order valence-corrected chi connectivity index (χ1v) is 11.3. The topological polar surface area (TPSA) is 86.4 Å². The maximum Gasteiger partial charge on any atom is 0.511 e. The van der Waals surface area contributed by atoms with Gasteiger partial charge in [-0.05, 0) is 50.7 Å². The third-order valence-electron chi connectivity index (χ3n) is 5.57. The molecule has 1 atom stereocenters. The molecule has 178 valence electrons. The van der Waals surface area contributed by atoms with E-state index in [0.29, 0.717) is 35.6 Å². The minimum atomic E-state index is -0.811. The number of carbonyl (C=O) groups is 1. The van der Waals surface area contributed by atoms with Gasteiger partial charge in [0.15, 0.2) is 5.76 Å². The van der Waals surface area contributed by atoms with Crippen molar-refractivity contribution in [2.75, 3.05) is 6.79 Å². The van der Waals surface area contributed by atoms with Crippen LogP contribution in [0.15, 0.2) is 24.3 Å². The van der Waals surface area contributed by atoms with Gasteiger partial charge in [0.1, 0.15) is 23.4 Å². The lowest BCUT2D eigenvalue weighted by atomic mass is 9.86. The van der Waals surface area contributed by atoms with E-state index < -0.39 is 6.16 Å². The maximum atomic E-state index is 11.9. The SMILES string of the molecule is CCC(C)OC(=O)OCO/C(=C(/C#N)c1ccc(C(C)(C)C)cc1)c1c(C)c(C)nn1CC. The molecule has 0 fully saturated rings. The summed E-state index contributed by atoms with van der Waals surface area (Å²) < 4.78 is 18.0. The van der Waals surface area contributed by atoms with Crippen molar-refractivity contribution in [1.29, 1.82) is 5.26 Å². The van der Waals surface area contributed by atoms with E-state index in [1.165, 1.54) is 0 Å². The van der Waals surface area contributed by atoms with Crippen LogP contribution in [0.3, 0.4) is 0 Å². The van der Waals surface area contributed by atoms with Crippen molar-refractivity contribution in [2.45, 2.75) is 79.9 Å². The van der Waals surface area contributed by atoms with Gasteiger partial charge in [-0.15, -0.1) is 0 Å². The van der Waals surface area contributed by atoms with Crippen LogP contribution in [0.25, 0.3) is 11.3 Å². The number of nitrogens with zero attached hydrogens (tertiary/aromatic N) is 3. The Kier molecular flexibility index (Phi) is 8.69. The molecule has 2 aromatic rings. The van der Waals surface area contributed by atoms with Crippen LogP contribution in [0.5, 0.6) is 0 Å². The molecule has 0 saturated carbocycles. The lowest BCUT2D eigenvalue weighted by molar-refractivity contribution is -0.0206. The molecule has 0 amide bonds. The third-order valence-corrected chi connectivity index (χ3v) is 5.57. The van der Waals surface area contributed by atoms with E-state index in [0.717, 1.165) is 16.8 Å². The van der Waals surface area contributed by atoms with Crippen LogP contribution in [-0.2, 0) is 26.2 Å². The van der Waals surface area contributed by atoms with Crippen LogP contribution in [0.2, 0.25) is 0 Å². The second-order valence-corrected chi connectivity index (χ2v) is 9.01. The summed E-state index contributed by atoms with van der Waals surface area (Å²) in [5, 5.41) is 14.7. The lowest BCUT2D eigenvalue weighted by Gasteiger charge is -2.20. The van der Waals surface area contributed by atoms with Gasteiger partial charge in [-0.3, -0.25) is 4.68 Å². The van der Waals surface area contributed by atoms with Crippen molar-refractivity contribution in [3.63, 3.8) is 0 Å². The molecule has 0 bridgehead atoms. The number of nitriles is 1. The van der Waals surface area contributed by atoms with E-state index in [1.54, 1.807) is 11.6 Å². The Morgan fingerprint density at radius 3 is 2.30 bits per heavy atom. The van der Waals surface area contributed by atoms with E-state index in [-0.39, 0.29) is 18.3 Å². The molecule has 0 radical (unpaired) electrons. The highest BCUT2D eigenvalue weighted by molar-refractivity contribution is 5.94. The van der Waals surface area contributed by atoms with Gasteiger partial charge < -0.3 is 14.2 Å². The standard InChI is InChI=1S/C26H35N3O4/c1-9-17(3)33-25(30)32-16-31-24(23-18(4)19(5)28-29(23)10-2)22(15-27)20-11-13-21(14-12-20)26(6,7)8/h11-14,17H,9-10,16H2,1-8H3/b24-22-. The summed E-state index contributed by atoms with van der Waals surface area (Å²) in [4.78, 5) is 11.9. The van der Waals surface area contributed by atoms with Crippen LogP contribution in [0.4, 0.5) is 4.79 Å². The average molecular weight is 454 g/mol. The molecular formula is C26H35N3O4. The Balaban J connectivity index is 2.50. The highest BCUT2D eigenvalue weighted by atomic mass is 16.8. The molecule has 1 heterocycles. The minimum Gasteiger partial charge on any atom is -0.454 e. The van der Waals surface area contributed by atoms with Crippen LogP contribution < -0.4 is 0 Å². The fourth-order valence-corrected chi connectivity index (χ4v) is 3.25. The van der Waals surface area contributed by atoms with Crippen molar-refractivity contribution < 1.29 is 19.0 Å². The molecule has 1 aromatic heterocycles. The molecule has 0 saturated heterocycles. The van der Waals surface area contributed by atoms with Crippen molar-refractivity contribution in [1.82, 2.24) is 9.78 Å². The number of aryl methyl sites for hydroxylation is 2. The van der Waals surface area contributed by atoms with E-state index in [2.05, 4.69) is 31.9 Å². The van der Waals surface area contributed by atoms with E-state index in [4.69, 9.17) is 14.2 Å². The van der Waals surface area contributed by atoms with Crippen LogP contribution in [0.1, 0.15) is 76.0 Å². The molecule has 0 N–H and O–H groups in total. The largest absolute Gasteiger partial charge is 0.511 e. The zero-order valence-electron chi connectivity index (χ0n) is 21.0. The Hall–Kier alpha value is -3.27. The predicted octanol–water partition coefficient (Wildman–Crippen LogP) is 6.14. The van der Waals surface area contributed by atoms with Gasteiger partial charge in [0, 0.05) is 12.1 Å². The number of hydrogen-bond donors (Lipinski definition) is 0. The molecule has 33 heavy (non-hydrogen) atoms. The monoisotopic (exact) mass is 453 g/mol. The van der Waals surface area contributed by atoms with Gasteiger partial charge in [-0.2, -0.15) is 10.4 Å². The fraction of sp³-hybridized carbons (Fsp3) is 0.500. The number of benzene rings is 1. The van der Waals surface area contributed by atoms with Gasteiger partial charge in [0.05, 0.1) is 5.69 Å². The molecule has 0 aliphatic rings. The first-order chi connectivity index (χ1) is 15.5. The Morgan fingerprint density at radius 2 is 1.79 bits per heavy atom. The second-order valence-electron chi connectivity index (χ2n) is 9.01. The fourth-order valence-electron chi connectivity index (χ4n) is 3.25. The highest BCUT2D eigenvalue weighted by Crippen LogP contribution is 2.32. The molecule has 0 aliphatic carbocycles. The van der Waals surface area contributed by atoms with Crippen LogP contribution in [-0.4, -0.2) is 28.8 Å². The summed E-state index contributed by atoms with van der Waals surface area (Å²) in [7, 11) is 0. The van der Waals surface area contributed by atoms with E-state index in [9.17, 15) is 10.1 Å². The molecule has 0 aliphatic heterocycles. The summed E-state index contributed by atoms with van der Waals surface area (Å²) in [6.07, 6.45) is -0.387. The quantitative estimate of drug-likeness (QED) is 0.207. The number of carbonyl (C=O) groups excluding carboxylic acids is 1. The first kappa shape index (κ1) is 26.0. The first-order valence-electron chi connectivity index (χ1n) is 11.3. The molecule has 7 nitrogen and oxygen atoms in total. The molecule has 1 aromatic carbocycles. The number of aromatic nitrogens is 2. The number of hydrogen-bond acceptors (Lipinski definition) is 6. The third kappa shape index (κ3) is 6.38. The zero-order chi connectivity index (χ0) is 24.8. The molecule has 0 spiro atoms. The summed E-state index contributed by atoms with van der Waals surface area (Å²) in [6.45, 7) is 16.1. The molecule has 2 rings (SSSR count). The van der Waals surface area contributed by atoms with Gasteiger partial charge in [0.2, 0.25) is 6.79 Å². The van der Waals surface area contributed by atoms with Crippen LogP contribution in [0, 0.1) is 25.2 Å². The Bertz CT molecular complexity index is 1040. The second kappa shape index (κ2) is 11.0. The number of allylic oxidation sites excluding steroid dienone is 1.